The van der Waals surface area contributed by atoms with E-state index in [4.69, 9.17) is 5.11 Å². The lowest BCUT2D eigenvalue weighted by Gasteiger charge is -2.32. The van der Waals surface area contributed by atoms with Crippen molar-refractivity contribution in [3.05, 3.63) is 41.8 Å². The predicted octanol–water partition coefficient (Wildman–Crippen LogP) is 2.42. The molecule has 0 bridgehead atoms. The maximum Gasteiger partial charge on any atom is 0.228 e. The molecule has 8 heteroatoms. The number of aromatic nitrogens is 3. The van der Waals surface area contributed by atoms with Crippen LogP contribution in [-0.4, -0.2) is 62.0 Å². The molecule has 148 valence electrons. The highest BCUT2D eigenvalue weighted by Crippen LogP contribution is 2.34. The summed E-state index contributed by atoms with van der Waals surface area (Å²) in [5.74, 6) is -0.100. The molecule has 0 radical (unpaired) electrons. The van der Waals surface area contributed by atoms with E-state index < -0.39 is 5.82 Å². The van der Waals surface area contributed by atoms with Gasteiger partial charge in [0.25, 0.3) is 0 Å². The van der Waals surface area contributed by atoms with Crippen molar-refractivity contribution in [1.82, 2.24) is 19.5 Å². The zero-order valence-corrected chi connectivity index (χ0v) is 15.8. The van der Waals surface area contributed by atoms with Gasteiger partial charge in [0.15, 0.2) is 0 Å². The molecule has 7 nitrogen and oxygen atoms in total. The molecule has 3 aromatic rings. The molecule has 2 aromatic heterocycles. The quantitative estimate of drug-likeness (QED) is 0.625. The van der Waals surface area contributed by atoms with Gasteiger partial charge in [-0.05, 0) is 56.1 Å². The Morgan fingerprint density at radius 2 is 2.18 bits per heavy atom. The second-order valence-corrected chi connectivity index (χ2v) is 7.28. The van der Waals surface area contributed by atoms with Gasteiger partial charge in [-0.1, -0.05) is 0 Å². The van der Waals surface area contributed by atoms with E-state index in [0.717, 1.165) is 25.9 Å². The number of anilines is 1. The number of hydrogen-bond acceptors (Lipinski definition) is 6. The minimum absolute atomic E-state index is 0.0557. The van der Waals surface area contributed by atoms with Gasteiger partial charge in [0.05, 0.1) is 17.7 Å². The smallest absolute Gasteiger partial charge is 0.228 e. The average molecular weight is 385 g/mol. The van der Waals surface area contributed by atoms with Crippen LogP contribution >= 0.6 is 0 Å². The van der Waals surface area contributed by atoms with Crippen LogP contribution in [0.1, 0.15) is 18.4 Å². The van der Waals surface area contributed by atoms with Gasteiger partial charge in [-0.25, -0.2) is 4.39 Å². The van der Waals surface area contributed by atoms with E-state index in [1.807, 2.05) is 22.7 Å². The van der Waals surface area contributed by atoms with Crippen LogP contribution in [0.2, 0.25) is 0 Å². The number of aryl methyl sites for hydroxylation is 1. The van der Waals surface area contributed by atoms with Crippen LogP contribution in [0.5, 0.6) is 5.75 Å². The summed E-state index contributed by atoms with van der Waals surface area (Å²) in [6.07, 6.45) is 3.88. The summed E-state index contributed by atoms with van der Waals surface area (Å²) < 4.78 is 16.4. The molecule has 1 saturated heterocycles. The number of phenols is 1. The first-order valence-corrected chi connectivity index (χ1v) is 9.50. The largest absolute Gasteiger partial charge is 0.507 e. The van der Waals surface area contributed by atoms with Crippen LogP contribution < -0.4 is 5.32 Å². The Morgan fingerprint density at radius 1 is 1.32 bits per heavy atom. The Bertz CT molecular complexity index is 965. The van der Waals surface area contributed by atoms with Gasteiger partial charge in [-0.2, -0.15) is 0 Å². The minimum atomic E-state index is -0.525. The third-order valence-corrected chi connectivity index (χ3v) is 5.17. The van der Waals surface area contributed by atoms with E-state index in [0.29, 0.717) is 29.3 Å². The second-order valence-electron chi connectivity index (χ2n) is 7.28. The summed E-state index contributed by atoms with van der Waals surface area (Å²) in [6.45, 7) is 4.33. The Morgan fingerprint density at radius 3 is 2.96 bits per heavy atom. The number of phenolic OH excluding ortho intramolecular Hbond substituents is 1. The highest BCUT2D eigenvalue weighted by Gasteiger charge is 2.22. The number of β-amino-alcohol motifs (C(OH)–C–C–N with tert-alkyl or cyclic N) is 1. The van der Waals surface area contributed by atoms with Gasteiger partial charge >= 0.3 is 0 Å². The Hall–Kier alpha value is -2.71. The minimum Gasteiger partial charge on any atom is -0.507 e. The van der Waals surface area contributed by atoms with Crippen molar-refractivity contribution < 1.29 is 14.6 Å². The molecular weight excluding hydrogens is 361 g/mol. The number of hydrogen-bond donors (Lipinski definition) is 3. The van der Waals surface area contributed by atoms with Gasteiger partial charge in [0.1, 0.15) is 17.3 Å². The van der Waals surface area contributed by atoms with Crippen LogP contribution in [0.15, 0.2) is 30.5 Å². The number of piperidine rings is 1. The summed E-state index contributed by atoms with van der Waals surface area (Å²) in [5, 5.41) is 31.4. The molecule has 1 atom stereocenters. The molecule has 3 N–H and O–H groups in total. The maximum absolute atomic E-state index is 14.5. The lowest BCUT2D eigenvalue weighted by Crippen LogP contribution is -2.43. The number of halogens is 1. The standard InChI is InChI=1S/C20H24FN5O2/c1-13-10-15(21)18(17(28)11-13)19-16-5-3-7-26(16)20(24-23-19)22-14-4-2-6-25(12-14)8-9-27/h3,5,7,10-11,14,27-28H,2,4,6,8-9,12H2,1H3,(H,22,24)/t14-/m1/s1. The first-order valence-electron chi connectivity index (χ1n) is 9.50. The van der Waals surface area contributed by atoms with Gasteiger partial charge in [0, 0.05) is 25.3 Å². The van der Waals surface area contributed by atoms with E-state index in [2.05, 4.69) is 20.4 Å². The molecule has 1 fully saturated rings. The number of benzene rings is 1. The lowest BCUT2D eigenvalue weighted by molar-refractivity contribution is 0.166. The highest BCUT2D eigenvalue weighted by atomic mass is 19.1. The summed E-state index contributed by atoms with van der Waals surface area (Å²) in [7, 11) is 0. The lowest BCUT2D eigenvalue weighted by atomic mass is 10.1. The van der Waals surface area contributed by atoms with Crippen molar-refractivity contribution >= 4 is 11.5 Å². The Balaban J connectivity index is 1.67. The number of aliphatic hydroxyl groups excluding tert-OH is 1. The highest BCUT2D eigenvalue weighted by molar-refractivity contribution is 5.81. The SMILES string of the molecule is Cc1cc(O)c(-c2nnc(N[C@@H]3CCCN(CCO)C3)n3cccc23)c(F)c1. The van der Waals surface area contributed by atoms with Crippen molar-refractivity contribution in [3.63, 3.8) is 0 Å². The molecule has 3 heterocycles. The molecule has 4 rings (SSSR count). The van der Waals surface area contributed by atoms with Crippen LogP contribution in [0.25, 0.3) is 16.8 Å². The molecule has 28 heavy (non-hydrogen) atoms. The van der Waals surface area contributed by atoms with Crippen LogP contribution in [0.4, 0.5) is 10.3 Å². The zero-order valence-electron chi connectivity index (χ0n) is 15.8. The van der Waals surface area contributed by atoms with Gasteiger partial charge in [0.2, 0.25) is 5.95 Å². The molecule has 1 aliphatic heterocycles. The van der Waals surface area contributed by atoms with Gasteiger partial charge < -0.3 is 15.5 Å². The van der Waals surface area contributed by atoms with Gasteiger partial charge in [-0.15, -0.1) is 10.2 Å². The number of rotatable bonds is 5. The van der Waals surface area contributed by atoms with E-state index in [9.17, 15) is 9.50 Å². The molecule has 1 aromatic carbocycles. The van der Waals surface area contributed by atoms with Crippen molar-refractivity contribution in [2.24, 2.45) is 0 Å². The van der Waals surface area contributed by atoms with Gasteiger partial charge in [-0.3, -0.25) is 9.30 Å². The van der Waals surface area contributed by atoms with E-state index in [1.165, 1.54) is 12.1 Å². The molecule has 0 amide bonds. The average Bonchev–Trinajstić information content (AvgIpc) is 3.13. The first kappa shape index (κ1) is 18.6. The van der Waals surface area contributed by atoms with E-state index in [-0.39, 0.29) is 24.0 Å². The van der Waals surface area contributed by atoms with E-state index in [1.54, 1.807) is 6.92 Å². The third-order valence-electron chi connectivity index (χ3n) is 5.17. The van der Waals surface area contributed by atoms with E-state index >= 15 is 0 Å². The molecule has 0 saturated carbocycles. The zero-order chi connectivity index (χ0) is 19.7. The molecular formula is C20H24FN5O2. The van der Waals surface area contributed by atoms with Crippen molar-refractivity contribution in [2.75, 3.05) is 31.6 Å². The second kappa shape index (κ2) is 7.73. The third kappa shape index (κ3) is 3.53. The molecule has 0 aliphatic carbocycles. The van der Waals surface area contributed by atoms with Crippen molar-refractivity contribution in [3.8, 4) is 17.0 Å². The van der Waals surface area contributed by atoms with Crippen molar-refractivity contribution in [2.45, 2.75) is 25.8 Å². The maximum atomic E-state index is 14.5. The first-order chi connectivity index (χ1) is 13.6. The molecule has 0 unspecified atom stereocenters. The fourth-order valence-corrected chi connectivity index (χ4v) is 3.89. The topological polar surface area (TPSA) is 85.9 Å². The number of aliphatic hydroxyl groups is 1. The fraction of sp³-hybridized carbons (Fsp3) is 0.400. The normalized spacial score (nSPS) is 17.9. The monoisotopic (exact) mass is 385 g/mol. The summed E-state index contributed by atoms with van der Waals surface area (Å²) >= 11 is 0. The Kier molecular flexibility index (Phi) is 5.15. The number of fused-ring (bicyclic) bond motifs is 1. The van der Waals surface area contributed by atoms with Crippen LogP contribution in [0.3, 0.4) is 0 Å². The predicted molar refractivity (Wildman–Crippen MR) is 105 cm³/mol. The number of nitrogens with zero attached hydrogens (tertiary/aromatic N) is 4. The van der Waals surface area contributed by atoms with Crippen LogP contribution in [0, 0.1) is 12.7 Å². The summed E-state index contributed by atoms with van der Waals surface area (Å²) in [5.41, 5.74) is 1.66. The molecule has 1 aliphatic rings. The van der Waals surface area contributed by atoms with Crippen LogP contribution in [-0.2, 0) is 0 Å². The molecule has 0 spiro atoms. The fourth-order valence-electron chi connectivity index (χ4n) is 3.89. The number of aromatic hydroxyl groups is 1. The number of nitrogens with one attached hydrogen (secondary N) is 1. The summed E-state index contributed by atoms with van der Waals surface area (Å²) in [6, 6.07) is 6.75. The van der Waals surface area contributed by atoms with Crippen molar-refractivity contribution in [1.29, 1.82) is 0 Å². The number of likely N-dealkylation sites (tertiary alicyclic amines) is 1. The summed E-state index contributed by atoms with van der Waals surface area (Å²) in [4.78, 5) is 2.22. The Labute approximate surface area is 162 Å².